The number of hydrogen-bond acceptors (Lipinski definition) is 4. The van der Waals surface area contributed by atoms with Crippen molar-refractivity contribution in [3.05, 3.63) is 46.3 Å². The number of hydrogen-bond donors (Lipinski definition) is 1. The molecule has 3 rings (SSSR count). The van der Waals surface area contributed by atoms with Crippen LogP contribution in [0.5, 0.6) is 5.75 Å². The highest BCUT2D eigenvalue weighted by Gasteiger charge is 2.21. The minimum Gasteiger partial charge on any atom is -0.496 e. The molecule has 1 N–H and O–H groups in total. The van der Waals surface area contributed by atoms with Crippen molar-refractivity contribution >= 4 is 5.97 Å². The summed E-state index contributed by atoms with van der Waals surface area (Å²) >= 11 is 0. The first-order valence-corrected chi connectivity index (χ1v) is 7.65. The number of methoxy groups -OCH3 is 1. The van der Waals surface area contributed by atoms with Gasteiger partial charge in [0, 0.05) is 19.6 Å². The fourth-order valence-corrected chi connectivity index (χ4v) is 3.05. The Hall–Kier alpha value is -2.34. The molecule has 0 amide bonds. The lowest BCUT2D eigenvalue weighted by Gasteiger charge is -2.28. The highest BCUT2D eigenvalue weighted by atomic mass is 16.5. The number of ether oxygens (including phenoxy) is 1. The molecule has 2 aromatic rings. The van der Waals surface area contributed by atoms with Crippen molar-refractivity contribution in [2.45, 2.75) is 33.5 Å². The molecule has 0 radical (unpaired) electrons. The van der Waals surface area contributed by atoms with Gasteiger partial charge >= 0.3 is 5.97 Å². The first-order chi connectivity index (χ1) is 11.0. The monoisotopic (exact) mass is 315 g/mol. The number of carboxylic acid groups (broad SMARTS) is 1. The van der Waals surface area contributed by atoms with Crippen molar-refractivity contribution < 1.29 is 14.6 Å². The molecule has 0 saturated heterocycles. The van der Waals surface area contributed by atoms with Crippen LogP contribution in [0.3, 0.4) is 0 Å². The van der Waals surface area contributed by atoms with E-state index in [1.54, 1.807) is 17.9 Å². The summed E-state index contributed by atoms with van der Waals surface area (Å²) in [6.07, 6.45) is 0. The normalized spacial score (nSPS) is 14.6. The van der Waals surface area contributed by atoms with Gasteiger partial charge in [-0.1, -0.05) is 6.07 Å². The largest absolute Gasteiger partial charge is 0.496 e. The van der Waals surface area contributed by atoms with Crippen molar-refractivity contribution in [1.82, 2.24) is 14.7 Å². The van der Waals surface area contributed by atoms with Crippen LogP contribution >= 0.6 is 0 Å². The smallest absolute Gasteiger partial charge is 0.356 e. The minimum absolute atomic E-state index is 0.123. The zero-order valence-electron chi connectivity index (χ0n) is 13.7. The van der Waals surface area contributed by atoms with Crippen molar-refractivity contribution in [2.75, 3.05) is 13.7 Å². The van der Waals surface area contributed by atoms with E-state index in [1.165, 1.54) is 16.7 Å². The van der Waals surface area contributed by atoms with Gasteiger partial charge in [-0.25, -0.2) is 4.79 Å². The van der Waals surface area contributed by atoms with Crippen molar-refractivity contribution in [3.8, 4) is 5.75 Å². The summed E-state index contributed by atoms with van der Waals surface area (Å²) in [5.74, 6) is -0.0610. The average Bonchev–Trinajstić information content (AvgIpc) is 2.96. The number of rotatable bonds is 4. The van der Waals surface area contributed by atoms with Gasteiger partial charge in [-0.05, 0) is 42.7 Å². The predicted molar refractivity (Wildman–Crippen MR) is 85.8 cm³/mol. The maximum Gasteiger partial charge on any atom is 0.356 e. The summed E-state index contributed by atoms with van der Waals surface area (Å²) in [6, 6.07) is 5.78. The molecule has 2 heterocycles. The molecule has 1 aliphatic heterocycles. The number of fused-ring (bicyclic) bond motifs is 1. The van der Waals surface area contributed by atoms with Crippen LogP contribution in [0.2, 0.25) is 0 Å². The highest BCUT2D eigenvalue weighted by Crippen LogP contribution is 2.26. The van der Waals surface area contributed by atoms with Gasteiger partial charge in [-0.15, -0.1) is 0 Å². The van der Waals surface area contributed by atoms with Crippen LogP contribution in [0.4, 0.5) is 0 Å². The molecule has 0 aliphatic carbocycles. The van der Waals surface area contributed by atoms with Gasteiger partial charge in [0.05, 0.1) is 19.3 Å². The minimum atomic E-state index is -0.972. The maximum atomic E-state index is 11.0. The zero-order valence-corrected chi connectivity index (χ0v) is 13.7. The van der Waals surface area contributed by atoms with Crippen molar-refractivity contribution in [3.63, 3.8) is 0 Å². The quantitative estimate of drug-likeness (QED) is 0.937. The number of benzene rings is 1. The van der Waals surface area contributed by atoms with E-state index < -0.39 is 5.97 Å². The second kappa shape index (κ2) is 6.04. The summed E-state index contributed by atoms with van der Waals surface area (Å²) in [5.41, 5.74) is 4.76. The van der Waals surface area contributed by atoms with E-state index in [4.69, 9.17) is 9.84 Å². The fraction of sp³-hybridized carbons (Fsp3) is 0.412. The summed E-state index contributed by atoms with van der Waals surface area (Å²) in [7, 11) is 1.69. The Bertz CT molecular complexity index is 752. The lowest BCUT2D eigenvalue weighted by Crippen LogP contribution is -2.33. The summed E-state index contributed by atoms with van der Waals surface area (Å²) in [6.45, 7) is 7.32. The molecule has 0 atom stereocenters. The van der Waals surface area contributed by atoms with Crippen molar-refractivity contribution in [1.29, 1.82) is 0 Å². The van der Waals surface area contributed by atoms with Crippen LogP contribution in [-0.4, -0.2) is 39.4 Å². The summed E-state index contributed by atoms with van der Waals surface area (Å²) < 4.78 is 7.16. The van der Waals surface area contributed by atoms with Crippen LogP contribution < -0.4 is 4.74 Å². The lowest BCUT2D eigenvalue weighted by molar-refractivity contribution is 0.0689. The highest BCUT2D eigenvalue weighted by molar-refractivity contribution is 5.85. The molecule has 0 unspecified atom stereocenters. The molecule has 0 bridgehead atoms. The van der Waals surface area contributed by atoms with E-state index in [0.717, 1.165) is 31.1 Å². The van der Waals surface area contributed by atoms with E-state index in [2.05, 4.69) is 29.9 Å². The molecule has 23 heavy (non-hydrogen) atoms. The Morgan fingerprint density at radius 1 is 1.30 bits per heavy atom. The number of carbonyl (C=O) groups is 1. The van der Waals surface area contributed by atoms with Crippen LogP contribution in [0, 0.1) is 13.8 Å². The van der Waals surface area contributed by atoms with Crippen LogP contribution in [-0.2, 0) is 19.6 Å². The second-order valence-electron chi connectivity index (χ2n) is 5.94. The van der Waals surface area contributed by atoms with Gasteiger partial charge in [-0.2, -0.15) is 5.10 Å². The molecule has 0 fully saturated rings. The van der Waals surface area contributed by atoms with E-state index >= 15 is 0 Å². The first-order valence-electron chi connectivity index (χ1n) is 7.65. The van der Waals surface area contributed by atoms with Crippen LogP contribution in [0.25, 0.3) is 0 Å². The van der Waals surface area contributed by atoms with Gasteiger partial charge < -0.3 is 9.84 Å². The Morgan fingerprint density at radius 3 is 2.78 bits per heavy atom. The third kappa shape index (κ3) is 2.94. The fourth-order valence-electron chi connectivity index (χ4n) is 3.05. The van der Waals surface area contributed by atoms with Crippen LogP contribution in [0.15, 0.2) is 18.2 Å². The predicted octanol–water partition coefficient (Wildman–Crippen LogP) is 2.22. The number of nitrogens with zero attached hydrogens (tertiary/aromatic N) is 3. The Morgan fingerprint density at radius 2 is 2.09 bits per heavy atom. The third-order valence-electron chi connectivity index (χ3n) is 4.56. The van der Waals surface area contributed by atoms with Gasteiger partial charge in [-0.3, -0.25) is 9.58 Å². The summed E-state index contributed by atoms with van der Waals surface area (Å²) in [4.78, 5) is 13.3. The standard InChI is InChI=1S/C17H21N3O3/c1-11-12(2)16(23-3)5-4-13(11)9-19-6-7-20-14(10-19)8-15(18-20)17(21)22/h4-5,8H,6-7,9-10H2,1-3H3,(H,21,22). The topological polar surface area (TPSA) is 67.6 Å². The SMILES string of the molecule is COc1ccc(CN2CCn3nc(C(=O)O)cc3C2)c(C)c1C. The molecule has 122 valence electrons. The lowest BCUT2D eigenvalue weighted by atomic mass is 10.0. The molecular formula is C17H21N3O3. The molecule has 1 aromatic carbocycles. The van der Waals surface area contributed by atoms with Crippen molar-refractivity contribution in [2.24, 2.45) is 0 Å². The number of aromatic nitrogens is 2. The van der Waals surface area contributed by atoms with Crippen LogP contribution in [0.1, 0.15) is 32.9 Å². The molecule has 0 spiro atoms. The van der Waals surface area contributed by atoms with Gasteiger partial charge in [0.15, 0.2) is 5.69 Å². The molecule has 6 heteroatoms. The maximum absolute atomic E-state index is 11.0. The van der Waals surface area contributed by atoms with E-state index in [-0.39, 0.29) is 5.69 Å². The molecule has 6 nitrogen and oxygen atoms in total. The van der Waals surface area contributed by atoms with Gasteiger partial charge in [0.2, 0.25) is 0 Å². The molecule has 1 aromatic heterocycles. The van der Waals surface area contributed by atoms with Gasteiger partial charge in [0.1, 0.15) is 5.75 Å². The Balaban J connectivity index is 1.77. The Kier molecular flexibility index (Phi) is 4.09. The van der Waals surface area contributed by atoms with E-state index in [1.807, 2.05) is 6.07 Å². The Labute approximate surface area is 135 Å². The number of carboxylic acids is 1. The average molecular weight is 315 g/mol. The molecule has 1 aliphatic rings. The van der Waals surface area contributed by atoms with E-state index in [0.29, 0.717) is 6.54 Å². The molecular weight excluding hydrogens is 294 g/mol. The second-order valence-corrected chi connectivity index (χ2v) is 5.94. The zero-order chi connectivity index (χ0) is 16.6. The number of aromatic carboxylic acids is 1. The first kappa shape index (κ1) is 15.6. The van der Waals surface area contributed by atoms with E-state index in [9.17, 15) is 4.79 Å². The third-order valence-corrected chi connectivity index (χ3v) is 4.56. The van der Waals surface area contributed by atoms with Gasteiger partial charge in [0.25, 0.3) is 0 Å². The molecule has 0 saturated carbocycles. The summed E-state index contributed by atoms with van der Waals surface area (Å²) in [5, 5.41) is 13.2.